The summed E-state index contributed by atoms with van der Waals surface area (Å²) >= 11 is 1.93. The van der Waals surface area contributed by atoms with Gasteiger partial charge in [0.15, 0.2) is 0 Å². The Morgan fingerprint density at radius 3 is 1.51 bits per heavy atom. The second kappa shape index (κ2) is 14.5. The third-order valence-corrected chi connectivity index (χ3v) is 6.54. The van der Waals surface area contributed by atoms with E-state index in [9.17, 15) is 30.4 Å². The largest absolute Gasteiger partial charge is 0.398 e. The van der Waals surface area contributed by atoms with Crippen molar-refractivity contribution in [2.45, 2.75) is 38.9 Å². The highest BCUT2D eigenvalue weighted by Crippen LogP contribution is 2.33. The molecule has 4 aromatic carbocycles. The van der Waals surface area contributed by atoms with E-state index in [0.717, 1.165) is 5.56 Å². The number of benzene rings is 4. The van der Waals surface area contributed by atoms with Crippen LogP contribution in [0, 0.1) is 23.8 Å². The number of nitro benzene ring substituents is 2. The Labute approximate surface area is 252 Å². The number of para-hydroxylation sites is 5. The van der Waals surface area contributed by atoms with E-state index in [0.29, 0.717) is 26.2 Å². The Hall–Kier alpha value is -4.07. The fourth-order valence-corrected chi connectivity index (χ4v) is 4.25. The molecular weight excluding hydrogens is 639 g/mol. The molecule has 4 rings (SSSR count). The van der Waals surface area contributed by atoms with E-state index in [1.165, 1.54) is 12.1 Å². The minimum Gasteiger partial charge on any atom is -0.398 e. The van der Waals surface area contributed by atoms with Gasteiger partial charge in [0.1, 0.15) is 5.69 Å². The van der Waals surface area contributed by atoms with Crippen molar-refractivity contribution in [3.63, 3.8) is 0 Å². The molecule has 11 heteroatoms. The normalized spacial score (nSPS) is 10.8. The number of nitro groups is 2. The molecule has 0 aliphatic heterocycles. The number of nitrogens with two attached hydrogens (primary N) is 1. The van der Waals surface area contributed by atoms with Gasteiger partial charge in [-0.25, -0.2) is 0 Å². The van der Waals surface area contributed by atoms with Gasteiger partial charge >= 0.3 is 0 Å². The molecule has 0 unspecified atom stereocenters. The van der Waals surface area contributed by atoms with E-state index in [4.69, 9.17) is 5.73 Å². The van der Waals surface area contributed by atoms with Crippen LogP contribution in [-0.4, -0.2) is 20.1 Å². The Kier molecular flexibility index (Phi) is 11.7. The summed E-state index contributed by atoms with van der Waals surface area (Å²) in [6, 6.07) is 27.6. The number of hydrogen-bond donors (Lipinski definition) is 4. The SMILES string of the molecule is CC(C)(O)c1ccccc1N.CC(C)(O)c1ccccc1Nc1ccccc1[N+](=O)[O-].O=[N+]([O-])c1ccccc1I. The van der Waals surface area contributed by atoms with Crippen LogP contribution in [0.25, 0.3) is 0 Å². The maximum Gasteiger partial charge on any atom is 0.292 e. The van der Waals surface area contributed by atoms with Crippen molar-refractivity contribution in [1.29, 1.82) is 0 Å². The molecule has 0 saturated carbocycles. The number of aliphatic hydroxyl groups is 2. The van der Waals surface area contributed by atoms with Crippen molar-refractivity contribution in [2.24, 2.45) is 0 Å². The zero-order chi connectivity index (χ0) is 30.8. The van der Waals surface area contributed by atoms with Crippen LogP contribution in [0.1, 0.15) is 38.8 Å². The summed E-state index contributed by atoms with van der Waals surface area (Å²) in [6.07, 6.45) is 0. The summed E-state index contributed by atoms with van der Waals surface area (Å²) in [5.74, 6) is 0. The first-order valence-corrected chi connectivity index (χ1v) is 13.5. The van der Waals surface area contributed by atoms with Crippen molar-refractivity contribution in [2.75, 3.05) is 11.1 Å². The summed E-state index contributed by atoms with van der Waals surface area (Å²) in [7, 11) is 0. The number of anilines is 3. The van der Waals surface area contributed by atoms with Crippen LogP contribution < -0.4 is 11.1 Å². The standard InChI is InChI=1S/C15H16N2O3.C9H13NO.C6H4INO2/c1-15(2,18)11-7-3-4-8-12(11)16-13-9-5-6-10-14(13)17(19)20;1-9(2,11)7-5-3-4-6-8(7)10;7-5-3-1-2-4-6(5)8(9)10/h3-10,16,18H,1-2H3;3-6,11H,10H2,1-2H3;1-4H. The molecule has 10 nitrogen and oxygen atoms in total. The maximum atomic E-state index is 11.0. The molecule has 0 aliphatic carbocycles. The van der Waals surface area contributed by atoms with Gasteiger partial charge in [-0.1, -0.05) is 60.7 Å². The zero-order valence-electron chi connectivity index (χ0n) is 23.1. The van der Waals surface area contributed by atoms with E-state index >= 15 is 0 Å². The second-order valence-corrected chi connectivity index (χ2v) is 11.0. The van der Waals surface area contributed by atoms with Gasteiger partial charge in [-0.05, 0) is 74.6 Å². The summed E-state index contributed by atoms with van der Waals surface area (Å²) in [6.45, 7) is 6.79. The van der Waals surface area contributed by atoms with Gasteiger partial charge in [0.25, 0.3) is 11.4 Å². The summed E-state index contributed by atoms with van der Waals surface area (Å²) in [4.78, 5) is 20.4. The Morgan fingerprint density at radius 2 is 1.07 bits per heavy atom. The van der Waals surface area contributed by atoms with Crippen LogP contribution in [0.3, 0.4) is 0 Å². The maximum absolute atomic E-state index is 11.0. The van der Waals surface area contributed by atoms with Crippen LogP contribution >= 0.6 is 22.6 Å². The van der Waals surface area contributed by atoms with E-state index in [-0.39, 0.29) is 16.3 Å². The molecule has 0 heterocycles. The lowest BCUT2D eigenvalue weighted by molar-refractivity contribution is -0.385. The van der Waals surface area contributed by atoms with Gasteiger partial charge in [-0.3, -0.25) is 20.2 Å². The Bertz CT molecular complexity index is 1480. The highest BCUT2D eigenvalue weighted by atomic mass is 127. The fourth-order valence-electron chi connectivity index (χ4n) is 3.66. The zero-order valence-corrected chi connectivity index (χ0v) is 25.3. The number of halogens is 1. The molecule has 0 atom stereocenters. The molecule has 0 spiro atoms. The average molecular weight is 673 g/mol. The van der Waals surface area contributed by atoms with E-state index < -0.39 is 16.1 Å². The molecule has 4 aromatic rings. The van der Waals surface area contributed by atoms with Gasteiger partial charge in [-0.15, -0.1) is 0 Å². The van der Waals surface area contributed by atoms with Crippen LogP contribution in [0.4, 0.5) is 28.4 Å². The van der Waals surface area contributed by atoms with Crippen LogP contribution in [0.15, 0.2) is 97.1 Å². The predicted molar refractivity (Wildman–Crippen MR) is 170 cm³/mol. The first-order chi connectivity index (χ1) is 19.1. The molecular formula is C30H33IN4O6. The summed E-state index contributed by atoms with van der Waals surface area (Å²) < 4.78 is 0.671. The summed E-state index contributed by atoms with van der Waals surface area (Å²) in [5.41, 5.74) is 7.08. The van der Waals surface area contributed by atoms with Crippen LogP contribution in [0.2, 0.25) is 0 Å². The quantitative estimate of drug-likeness (QED) is 0.0719. The minimum atomic E-state index is -1.03. The first kappa shape index (κ1) is 33.1. The van der Waals surface area contributed by atoms with Gasteiger partial charge < -0.3 is 21.3 Å². The van der Waals surface area contributed by atoms with Gasteiger partial charge in [0.2, 0.25) is 0 Å². The van der Waals surface area contributed by atoms with Gasteiger partial charge in [0.05, 0.1) is 24.6 Å². The van der Waals surface area contributed by atoms with E-state index in [1.54, 1.807) is 82.3 Å². The van der Waals surface area contributed by atoms with E-state index in [1.807, 2.05) is 52.9 Å². The average Bonchev–Trinajstić information content (AvgIpc) is 2.89. The Morgan fingerprint density at radius 1 is 0.659 bits per heavy atom. The third kappa shape index (κ3) is 10.1. The number of nitrogen functional groups attached to an aromatic ring is 1. The monoisotopic (exact) mass is 672 g/mol. The van der Waals surface area contributed by atoms with Gasteiger partial charge in [0, 0.05) is 34.6 Å². The van der Waals surface area contributed by atoms with Gasteiger partial charge in [-0.2, -0.15) is 0 Å². The highest BCUT2D eigenvalue weighted by molar-refractivity contribution is 14.1. The lowest BCUT2D eigenvalue weighted by Gasteiger charge is -2.22. The molecule has 0 aromatic heterocycles. The van der Waals surface area contributed by atoms with Crippen molar-refractivity contribution < 1.29 is 20.1 Å². The van der Waals surface area contributed by atoms with Crippen molar-refractivity contribution in [3.8, 4) is 0 Å². The number of nitrogens with one attached hydrogen (secondary N) is 1. The molecule has 0 amide bonds. The highest BCUT2D eigenvalue weighted by Gasteiger charge is 2.21. The Balaban J connectivity index is 0.000000236. The van der Waals surface area contributed by atoms with E-state index in [2.05, 4.69) is 5.32 Å². The molecule has 0 bridgehead atoms. The molecule has 0 radical (unpaired) electrons. The molecule has 0 saturated heterocycles. The molecule has 0 aliphatic rings. The molecule has 216 valence electrons. The number of hydrogen-bond acceptors (Lipinski definition) is 8. The topological polar surface area (TPSA) is 165 Å². The lowest BCUT2D eigenvalue weighted by atomic mass is 9.96. The third-order valence-electron chi connectivity index (χ3n) is 5.63. The fraction of sp³-hybridized carbons (Fsp3) is 0.200. The van der Waals surface area contributed by atoms with Crippen molar-refractivity contribution in [3.05, 3.63) is 132 Å². The predicted octanol–water partition coefficient (Wildman–Crippen LogP) is 7.26. The number of nitrogens with zero attached hydrogens (tertiary/aromatic N) is 2. The van der Waals surface area contributed by atoms with Crippen LogP contribution in [0.5, 0.6) is 0 Å². The van der Waals surface area contributed by atoms with Crippen molar-refractivity contribution in [1.82, 2.24) is 0 Å². The van der Waals surface area contributed by atoms with Crippen molar-refractivity contribution >= 4 is 51.0 Å². The molecule has 5 N–H and O–H groups in total. The smallest absolute Gasteiger partial charge is 0.292 e. The number of rotatable bonds is 6. The first-order valence-electron chi connectivity index (χ1n) is 12.4. The molecule has 0 fully saturated rings. The van der Waals surface area contributed by atoms with Crippen LogP contribution in [-0.2, 0) is 11.2 Å². The summed E-state index contributed by atoms with van der Waals surface area (Å²) in [5, 5.41) is 44.0. The second-order valence-electron chi connectivity index (χ2n) is 9.86. The lowest BCUT2D eigenvalue weighted by Crippen LogP contribution is -2.17. The minimum absolute atomic E-state index is 0.00181. The molecule has 41 heavy (non-hydrogen) atoms.